The maximum absolute atomic E-state index is 12.0. The zero-order chi connectivity index (χ0) is 30.5. The number of methoxy groups -OCH3 is 1. The Morgan fingerprint density at radius 2 is 1.45 bits per heavy atom. The lowest BCUT2D eigenvalue weighted by molar-refractivity contribution is -0.114. The lowest BCUT2D eigenvalue weighted by Crippen LogP contribution is -2.45. The van der Waals surface area contributed by atoms with Crippen molar-refractivity contribution in [2.24, 2.45) is 5.92 Å². The van der Waals surface area contributed by atoms with E-state index in [1.165, 1.54) is 6.92 Å². The second kappa shape index (κ2) is 13.2. The molecule has 0 bridgehead atoms. The van der Waals surface area contributed by atoms with Gasteiger partial charge >= 0.3 is 0 Å². The standard InChI is InChI=1S/C32H53NO5Si2/c1-23(21-37-39(10,11)31(3,4)5)30(38-40(12,13)32(6,7)8)26-18-27(33-24(2)34)20-29(19-26)36-22-25-14-16-28(35-9)17-15-25/h14-20,23,30H,21-22H2,1-13H3,(H,33,34)/t23-,30-/m1/s1. The third-order valence-corrected chi connectivity index (χ3v) is 17.4. The molecule has 2 atom stereocenters. The Morgan fingerprint density at radius 3 is 1.95 bits per heavy atom. The molecule has 0 unspecified atom stereocenters. The van der Waals surface area contributed by atoms with Crippen molar-refractivity contribution in [2.75, 3.05) is 19.0 Å². The lowest BCUT2D eigenvalue weighted by atomic mass is 9.97. The van der Waals surface area contributed by atoms with Gasteiger partial charge in [-0.05, 0) is 71.7 Å². The zero-order valence-corrected chi connectivity index (χ0v) is 29.2. The third-order valence-electron chi connectivity index (χ3n) is 8.40. The smallest absolute Gasteiger partial charge is 0.221 e. The molecule has 40 heavy (non-hydrogen) atoms. The molecule has 0 spiro atoms. The van der Waals surface area contributed by atoms with Gasteiger partial charge in [0.2, 0.25) is 5.91 Å². The normalized spacial score (nSPS) is 14.4. The van der Waals surface area contributed by atoms with E-state index in [4.69, 9.17) is 18.3 Å². The van der Waals surface area contributed by atoms with E-state index in [1.54, 1.807) is 7.11 Å². The van der Waals surface area contributed by atoms with Crippen molar-refractivity contribution in [1.29, 1.82) is 0 Å². The molecule has 0 saturated heterocycles. The fourth-order valence-corrected chi connectivity index (χ4v) is 6.15. The van der Waals surface area contributed by atoms with E-state index in [2.05, 4.69) is 86.0 Å². The van der Waals surface area contributed by atoms with E-state index in [0.29, 0.717) is 24.7 Å². The van der Waals surface area contributed by atoms with Crippen LogP contribution in [-0.4, -0.2) is 36.3 Å². The number of carbonyl (C=O) groups excluding carboxylic acids is 1. The van der Waals surface area contributed by atoms with E-state index in [9.17, 15) is 4.79 Å². The second-order valence-electron chi connectivity index (χ2n) is 14.0. The van der Waals surface area contributed by atoms with Gasteiger partial charge in [-0.2, -0.15) is 0 Å². The van der Waals surface area contributed by atoms with E-state index in [-0.39, 0.29) is 28.0 Å². The van der Waals surface area contributed by atoms with Crippen LogP contribution in [0.4, 0.5) is 5.69 Å². The van der Waals surface area contributed by atoms with Crippen LogP contribution in [0.1, 0.15) is 72.6 Å². The van der Waals surface area contributed by atoms with E-state index in [0.717, 1.165) is 16.9 Å². The van der Waals surface area contributed by atoms with Gasteiger partial charge in [-0.1, -0.05) is 60.6 Å². The summed E-state index contributed by atoms with van der Waals surface area (Å²) in [5, 5.41) is 3.12. The minimum Gasteiger partial charge on any atom is -0.497 e. The van der Waals surface area contributed by atoms with E-state index < -0.39 is 16.6 Å². The second-order valence-corrected chi connectivity index (χ2v) is 23.5. The van der Waals surface area contributed by atoms with Crippen molar-refractivity contribution in [3.8, 4) is 11.5 Å². The van der Waals surface area contributed by atoms with Gasteiger partial charge in [0.1, 0.15) is 18.1 Å². The van der Waals surface area contributed by atoms with Gasteiger partial charge in [-0.3, -0.25) is 4.79 Å². The Bertz CT molecular complexity index is 1120. The summed E-state index contributed by atoms with van der Waals surface area (Å²) in [6, 6.07) is 13.8. The molecular formula is C32H53NO5Si2. The maximum atomic E-state index is 12.0. The molecule has 2 aromatic carbocycles. The van der Waals surface area contributed by atoms with Crippen LogP contribution >= 0.6 is 0 Å². The van der Waals surface area contributed by atoms with Gasteiger partial charge in [0.25, 0.3) is 0 Å². The van der Waals surface area contributed by atoms with Crippen LogP contribution in [0, 0.1) is 5.92 Å². The Morgan fingerprint density at radius 1 is 0.875 bits per heavy atom. The summed E-state index contributed by atoms with van der Waals surface area (Å²) < 4.78 is 25.3. The largest absolute Gasteiger partial charge is 0.497 e. The summed E-state index contributed by atoms with van der Waals surface area (Å²) >= 11 is 0. The van der Waals surface area contributed by atoms with Gasteiger partial charge in [0.15, 0.2) is 16.6 Å². The average molecular weight is 588 g/mol. The lowest BCUT2D eigenvalue weighted by Gasteiger charge is -2.42. The van der Waals surface area contributed by atoms with Gasteiger partial charge < -0.3 is 23.6 Å². The molecule has 0 saturated carbocycles. The number of hydrogen-bond donors (Lipinski definition) is 1. The molecule has 0 aromatic heterocycles. The molecule has 8 heteroatoms. The van der Waals surface area contributed by atoms with Crippen LogP contribution in [0.25, 0.3) is 0 Å². The number of rotatable bonds is 12. The van der Waals surface area contributed by atoms with Crippen molar-refractivity contribution in [3.05, 3.63) is 53.6 Å². The van der Waals surface area contributed by atoms with Crippen molar-refractivity contribution < 1.29 is 23.1 Å². The number of nitrogens with one attached hydrogen (secondary N) is 1. The fraction of sp³-hybridized carbons (Fsp3) is 0.594. The first-order chi connectivity index (χ1) is 18.3. The number of anilines is 1. The first kappa shape index (κ1) is 34.1. The molecule has 224 valence electrons. The average Bonchev–Trinajstić information content (AvgIpc) is 2.83. The maximum Gasteiger partial charge on any atom is 0.221 e. The van der Waals surface area contributed by atoms with Crippen molar-refractivity contribution in [2.45, 2.75) is 104 Å². The molecule has 1 amide bonds. The van der Waals surface area contributed by atoms with Gasteiger partial charge in [-0.25, -0.2) is 0 Å². The van der Waals surface area contributed by atoms with Gasteiger partial charge in [0, 0.05) is 31.2 Å². The highest BCUT2D eigenvalue weighted by Gasteiger charge is 2.42. The zero-order valence-electron chi connectivity index (χ0n) is 27.2. The van der Waals surface area contributed by atoms with E-state index >= 15 is 0 Å². The predicted molar refractivity (Wildman–Crippen MR) is 171 cm³/mol. The molecule has 6 nitrogen and oxygen atoms in total. The number of amides is 1. The Labute approximate surface area is 245 Å². The molecule has 0 aliphatic heterocycles. The highest BCUT2D eigenvalue weighted by molar-refractivity contribution is 6.74. The van der Waals surface area contributed by atoms with Crippen molar-refractivity contribution in [3.63, 3.8) is 0 Å². The number of benzene rings is 2. The monoisotopic (exact) mass is 587 g/mol. The summed E-state index contributed by atoms with van der Waals surface area (Å²) in [7, 11) is -2.45. The molecule has 0 aliphatic rings. The number of carbonyl (C=O) groups is 1. The quantitative estimate of drug-likeness (QED) is 0.251. The minimum absolute atomic E-state index is 0.0359. The Hall–Kier alpha value is -2.14. The SMILES string of the molecule is COc1ccc(COc2cc(NC(C)=O)cc([C@H](O[Si](C)(C)C(C)(C)C)[C@H](C)CO[Si](C)(C)C(C)(C)C)c2)cc1. The molecule has 2 aromatic rings. The Balaban J connectivity index is 2.47. The van der Waals surface area contributed by atoms with Gasteiger partial charge in [0.05, 0.1) is 13.2 Å². The van der Waals surface area contributed by atoms with Gasteiger partial charge in [-0.15, -0.1) is 0 Å². The topological polar surface area (TPSA) is 66.0 Å². The summed E-state index contributed by atoms with van der Waals surface area (Å²) in [5.41, 5.74) is 2.70. The molecule has 2 rings (SSSR count). The van der Waals surface area contributed by atoms with Crippen LogP contribution < -0.4 is 14.8 Å². The van der Waals surface area contributed by atoms with Crippen LogP contribution in [0.2, 0.25) is 36.3 Å². The van der Waals surface area contributed by atoms with Crippen LogP contribution in [0.5, 0.6) is 11.5 Å². The Kier molecular flexibility index (Phi) is 11.3. The molecule has 0 radical (unpaired) electrons. The van der Waals surface area contributed by atoms with Crippen LogP contribution in [0.3, 0.4) is 0 Å². The summed E-state index contributed by atoms with van der Waals surface area (Å²) in [6.45, 7) is 27.4. The summed E-state index contributed by atoms with van der Waals surface area (Å²) in [4.78, 5) is 12.0. The summed E-state index contributed by atoms with van der Waals surface area (Å²) in [6.07, 6.45) is -0.220. The third kappa shape index (κ3) is 9.47. The van der Waals surface area contributed by atoms with E-state index in [1.807, 2.05) is 36.4 Å². The molecule has 1 N–H and O–H groups in total. The molecule has 0 aliphatic carbocycles. The first-order valence-electron chi connectivity index (χ1n) is 14.3. The van der Waals surface area contributed by atoms with Crippen LogP contribution in [0.15, 0.2) is 42.5 Å². The fourth-order valence-electron chi connectivity index (χ4n) is 3.68. The van der Waals surface area contributed by atoms with Crippen LogP contribution in [-0.2, 0) is 20.3 Å². The first-order valence-corrected chi connectivity index (χ1v) is 20.1. The molecule has 0 heterocycles. The highest BCUT2D eigenvalue weighted by atomic mass is 28.4. The van der Waals surface area contributed by atoms with Crippen molar-refractivity contribution >= 4 is 28.2 Å². The predicted octanol–water partition coefficient (Wildman–Crippen LogP) is 8.95. The minimum atomic E-state index is -2.16. The highest BCUT2D eigenvalue weighted by Crippen LogP contribution is 2.44. The number of hydrogen-bond acceptors (Lipinski definition) is 5. The number of ether oxygens (including phenoxy) is 2. The molecule has 0 fully saturated rings. The summed E-state index contributed by atoms with van der Waals surface area (Å²) in [5.74, 6) is 1.44. The molecular weight excluding hydrogens is 535 g/mol. The van der Waals surface area contributed by atoms with Crippen molar-refractivity contribution in [1.82, 2.24) is 0 Å².